The molecule has 0 aliphatic carbocycles. The fraction of sp³-hybridized carbons (Fsp3) is 0.353. The average Bonchev–Trinajstić information content (AvgIpc) is 2.63. The Morgan fingerprint density at radius 3 is 2.44 bits per heavy atom. The Morgan fingerprint density at radius 2 is 1.80 bits per heavy atom. The summed E-state index contributed by atoms with van der Waals surface area (Å²) < 4.78 is 13.0. The SMILES string of the molecule is COc1ccc(OC)c([C@H]2CC(=O)Nc3c2c(=O)n(C)c(=O)n3C)c1. The molecule has 3 rings (SSSR count). The molecule has 8 heteroatoms. The highest BCUT2D eigenvalue weighted by Crippen LogP contribution is 2.39. The molecule has 8 nitrogen and oxygen atoms in total. The number of benzene rings is 1. The standard InChI is InChI=1S/C17H19N3O5/c1-19-15-14(16(22)20(2)17(19)23)11(8-13(21)18-15)10-7-9(24-3)5-6-12(10)25-4/h5-7,11H,8H2,1-4H3,(H,18,21)/t11-/m1/s1. The average molecular weight is 345 g/mol. The maximum Gasteiger partial charge on any atom is 0.332 e. The lowest BCUT2D eigenvalue weighted by Gasteiger charge is -2.28. The highest BCUT2D eigenvalue weighted by atomic mass is 16.5. The molecule has 132 valence electrons. The molecule has 1 aromatic heterocycles. The van der Waals surface area contributed by atoms with Crippen molar-refractivity contribution in [2.75, 3.05) is 19.5 Å². The molecule has 0 bridgehead atoms. The van der Waals surface area contributed by atoms with Crippen LogP contribution in [-0.2, 0) is 18.9 Å². The Labute approximate surface area is 143 Å². The monoisotopic (exact) mass is 345 g/mol. The fourth-order valence-electron chi connectivity index (χ4n) is 3.18. The van der Waals surface area contributed by atoms with Gasteiger partial charge in [-0.2, -0.15) is 0 Å². The number of nitrogens with one attached hydrogen (secondary N) is 1. The minimum atomic E-state index is -0.542. The summed E-state index contributed by atoms with van der Waals surface area (Å²) in [6, 6.07) is 5.22. The van der Waals surface area contributed by atoms with Gasteiger partial charge in [-0.05, 0) is 18.2 Å². The minimum Gasteiger partial charge on any atom is -0.497 e. The van der Waals surface area contributed by atoms with Gasteiger partial charge in [-0.3, -0.25) is 18.7 Å². The van der Waals surface area contributed by atoms with E-state index in [4.69, 9.17) is 9.47 Å². The van der Waals surface area contributed by atoms with E-state index in [1.165, 1.54) is 32.9 Å². The predicted molar refractivity (Wildman–Crippen MR) is 91.6 cm³/mol. The number of nitrogens with zero attached hydrogens (tertiary/aromatic N) is 2. The minimum absolute atomic E-state index is 0.0734. The van der Waals surface area contributed by atoms with Crippen molar-refractivity contribution in [3.63, 3.8) is 0 Å². The summed E-state index contributed by atoms with van der Waals surface area (Å²) in [6.07, 6.45) is 0.0734. The van der Waals surface area contributed by atoms with Crippen molar-refractivity contribution in [2.45, 2.75) is 12.3 Å². The lowest BCUT2D eigenvalue weighted by molar-refractivity contribution is -0.116. The van der Waals surface area contributed by atoms with Gasteiger partial charge < -0.3 is 14.8 Å². The van der Waals surface area contributed by atoms with Crippen molar-refractivity contribution in [1.82, 2.24) is 9.13 Å². The molecule has 1 aromatic carbocycles. The summed E-state index contributed by atoms with van der Waals surface area (Å²) in [5.41, 5.74) is 0.0831. The summed E-state index contributed by atoms with van der Waals surface area (Å²) in [5, 5.41) is 2.64. The molecule has 0 saturated carbocycles. The number of aromatic nitrogens is 2. The molecule has 2 aromatic rings. The first kappa shape index (κ1) is 16.8. The van der Waals surface area contributed by atoms with Gasteiger partial charge in [-0.15, -0.1) is 0 Å². The van der Waals surface area contributed by atoms with Crippen LogP contribution in [0.4, 0.5) is 5.82 Å². The number of ether oxygens (including phenoxy) is 2. The van der Waals surface area contributed by atoms with E-state index in [0.29, 0.717) is 22.6 Å². The van der Waals surface area contributed by atoms with Crippen molar-refractivity contribution in [1.29, 1.82) is 0 Å². The second kappa shape index (κ2) is 6.12. The van der Waals surface area contributed by atoms with Crippen molar-refractivity contribution in [3.8, 4) is 11.5 Å². The summed E-state index contributed by atoms with van der Waals surface area (Å²) in [7, 11) is 6.00. The van der Waals surface area contributed by atoms with Crippen LogP contribution in [0.5, 0.6) is 11.5 Å². The topological polar surface area (TPSA) is 91.6 Å². The second-order valence-corrected chi connectivity index (χ2v) is 5.88. The second-order valence-electron chi connectivity index (χ2n) is 5.88. The molecule has 0 unspecified atom stereocenters. The van der Waals surface area contributed by atoms with E-state index >= 15 is 0 Å². The molecule has 0 spiro atoms. The normalized spacial score (nSPS) is 16.2. The van der Waals surface area contributed by atoms with E-state index in [1.807, 2.05) is 0 Å². The molecule has 1 N–H and O–H groups in total. The number of carbonyl (C=O) groups excluding carboxylic acids is 1. The first-order valence-electron chi connectivity index (χ1n) is 7.70. The number of carbonyl (C=O) groups is 1. The number of anilines is 1. The lowest BCUT2D eigenvalue weighted by atomic mass is 9.86. The van der Waals surface area contributed by atoms with Crippen LogP contribution in [-0.4, -0.2) is 29.3 Å². The Kier molecular flexibility index (Phi) is 4.12. The van der Waals surface area contributed by atoms with Crippen molar-refractivity contribution in [2.24, 2.45) is 14.1 Å². The van der Waals surface area contributed by atoms with E-state index in [9.17, 15) is 14.4 Å². The summed E-state index contributed by atoms with van der Waals surface area (Å²) in [6.45, 7) is 0. The quantitative estimate of drug-likeness (QED) is 0.878. The maximum atomic E-state index is 12.8. The number of hydrogen-bond donors (Lipinski definition) is 1. The van der Waals surface area contributed by atoms with Crippen LogP contribution in [0.3, 0.4) is 0 Å². The molecule has 1 amide bonds. The molecule has 0 fully saturated rings. The van der Waals surface area contributed by atoms with Crippen LogP contribution in [0.25, 0.3) is 0 Å². The van der Waals surface area contributed by atoms with Gasteiger partial charge in [-0.1, -0.05) is 0 Å². The lowest BCUT2D eigenvalue weighted by Crippen LogP contribution is -2.44. The predicted octanol–water partition coefficient (Wildman–Crippen LogP) is 0.575. The highest BCUT2D eigenvalue weighted by Gasteiger charge is 2.34. The van der Waals surface area contributed by atoms with Crippen LogP contribution in [0.1, 0.15) is 23.5 Å². The molecule has 25 heavy (non-hydrogen) atoms. The molecular formula is C17H19N3O5. The van der Waals surface area contributed by atoms with Gasteiger partial charge in [0.2, 0.25) is 5.91 Å². The van der Waals surface area contributed by atoms with Gasteiger partial charge in [-0.25, -0.2) is 4.79 Å². The Hall–Kier alpha value is -3.03. The molecule has 1 aliphatic rings. The summed E-state index contributed by atoms with van der Waals surface area (Å²) >= 11 is 0. The third kappa shape index (κ3) is 2.59. The van der Waals surface area contributed by atoms with Crippen LogP contribution < -0.4 is 26.0 Å². The Balaban J connectivity index is 2.34. The van der Waals surface area contributed by atoms with Gasteiger partial charge in [0.05, 0.1) is 19.8 Å². The molecule has 1 aliphatic heterocycles. The third-order valence-corrected chi connectivity index (χ3v) is 4.51. The zero-order chi connectivity index (χ0) is 18.3. The molecular weight excluding hydrogens is 326 g/mol. The number of hydrogen-bond acceptors (Lipinski definition) is 5. The van der Waals surface area contributed by atoms with Gasteiger partial charge in [0, 0.05) is 32.0 Å². The smallest absolute Gasteiger partial charge is 0.332 e. The van der Waals surface area contributed by atoms with E-state index in [2.05, 4.69) is 5.32 Å². The van der Waals surface area contributed by atoms with Gasteiger partial charge in [0.15, 0.2) is 0 Å². The zero-order valence-corrected chi connectivity index (χ0v) is 14.5. The first-order chi connectivity index (χ1) is 11.9. The largest absolute Gasteiger partial charge is 0.497 e. The fourth-order valence-corrected chi connectivity index (χ4v) is 3.18. The van der Waals surface area contributed by atoms with Gasteiger partial charge in [0.25, 0.3) is 5.56 Å². The summed E-state index contributed by atoms with van der Waals surface area (Å²) in [4.78, 5) is 37.1. The van der Waals surface area contributed by atoms with E-state index in [1.54, 1.807) is 18.2 Å². The Bertz CT molecular complexity index is 973. The van der Waals surface area contributed by atoms with Crippen LogP contribution in [0.15, 0.2) is 27.8 Å². The number of fused-ring (bicyclic) bond motifs is 1. The van der Waals surface area contributed by atoms with E-state index in [0.717, 1.165) is 4.57 Å². The zero-order valence-electron chi connectivity index (χ0n) is 14.5. The van der Waals surface area contributed by atoms with E-state index < -0.39 is 17.2 Å². The molecule has 0 radical (unpaired) electrons. The first-order valence-corrected chi connectivity index (χ1v) is 7.70. The van der Waals surface area contributed by atoms with Crippen LogP contribution in [0.2, 0.25) is 0 Å². The van der Waals surface area contributed by atoms with Gasteiger partial charge in [0.1, 0.15) is 17.3 Å². The molecule has 0 saturated heterocycles. The number of rotatable bonds is 3. The van der Waals surface area contributed by atoms with E-state index in [-0.39, 0.29) is 18.1 Å². The highest BCUT2D eigenvalue weighted by molar-refractivity contribution is 5.94. The molecule has 2 heterocycles. The van der Waals surface area contributed by atoms with Crippen LogP contribution in [0, 0.1) is 0 Å². The number of amides is 1. The maximum absolute atomic E-state index is 12.8. The Morgan fingerprint density at radius 1 is 1.08 bits per heavy atom. The number of methoxy groups -OCH3 is 2. The van der Waals surface area contributed by atoms with Gasteiger partial charge >= 0.3 is 5.69 Å². The van der Waals surface area contributed by atoms with Crippen molar-refractivity contribution < 1.29 is 14.3 Å². The van der Waals surface area contributed by atoms with Crippen LogP contribution >= 0.6 is 0 Å². The van der Waals surface area contributed by atoms with Crippen molar-refractivity contribution >= 4 is 11.7 Å². The third-order valence-electron chi connectivity index (χ3n) is 4.51. The van der Waals surface area contributed by atoms with Crippen molar-refractivity contribution in [3.05, 3.63) is 50.2 Å². The summed E-state index contributed by atoms with van der Waals surface area (Å²) in [5.74, 6) is 0.538. The molecule has 1 atom stereocenters.